The molecule has 0 aliphatic carbocycles. The molecule has 1 aromatic heterocycles. The summed E-state index contributed by atoms with van der Waals surface area (Å²) in [7, 11) is 1.48. The molecule has 0 atom stereocenters. The third-order valence-corrected chi connectivity index (χ3v) is 4.87. The first-order valence-corrected chi connectivity index (χ1v) is 10.3. The monoisotopic (exact) mass is 407 g/mol. The van der Waals surface area contributed by atoms with Gasteiger partial charge in [-0.25, -0.2) is 0 Å². The van der Waals surface area contributed by atoms with Crippen LogP contribution in [-0.4, -0.2) is 34.4 Å². The van der Waals surface area contributed by atoms with Gasteiger partial charge in [0.2, 0.25) is 11.9 Å². The standard InChI is InChI=1S/C23H29N5O2/c1-4-17-6-10-19(11-7-17)14-24-22-26-23(28(27-22)21(29)16-30-3)25-15-20-12-8-18(5-2)9-13-20/h6-13H,4-5,14-16H2,1-3H3,(H2,24,25,26,27). The number of benzene rings is 2. The van der Waals surface area contributed by atoms with Crippen LogP contribution in [0.1, 0.15) is 40.9 Å². The molecular weight excluding hydrogens is 378 g/mol. The van der Waals surface area contributed by atoms with Gasteiger partial charge in [0.05, 0.1) is 0 Å². The van der Waals surface area contributed by atoms with E-state index in [1.807, 2.05) is 0 Å². The number of nitrogens with zero attached hydrogens (tertiary/aromatic N) is 3. The van der Waals surface area contributed by atoms with Gasteiger partial charge in [0.15, 0.2) is 0 Å². The summed E-state index contributed by atoms with van der Waals surface area (Å²) in [6.07, 6.45) is 2.02. The Morgan fingerprint density at radius 1 is 0.867 bits per heavy atom. The van der Waals surface area contributed by atoms with Gasteiger partial charge in [-0.3, -0.25) is 4.79 Å². The zero-order valence-electron chi connectivity index (χ0n) is 17.8. The smallest absolute Gasteiger partial charge is 0.276 e. The van der Waals surface area contributed by atoms with Crippen LogP contribution in [0.2, 0.25) is 0 Å². The Hall–Kier alpha value is -3.19. The van der Waals surface area contributed by atoms with Gasteiger partial charge in [0, 0.05) is 20.2 Å². The molecule has 0 aliphatic rings. The van der Waals surface area contributed by atoms with E-state index in [2.05, 4.69) is 83.1 Å². The lowest BCUT2D eigenvalue weighted by Crippen LogP contribution is -2.20. The molecule has 2 aromatic carbocycles. The van der Waals surface area contributed by atoms with Crippen LogP contribution < -0.4 is 10.6 Å². The number of ether oxygens (including phenoxy) is 1. The predicted octanol–water partition coefficient (Wildman–Crippen LogP) is 3.91. The molecule has 2 N–H and O–H groups in total. The fraction of sp³-hybridized carbons (Fsp3) is 0.348. The number of rotatable bonds is 10. The molecule has 7 heteroatoms. The summed E-state index contributed by atoms with van der Waals surface area (Å²) in [5.41, 5.74) is 4.81. The predicted molar refractivity (Wildman–Crippen MR) is 119 cm³/mol. The average molecular weight is 408 g/mol. The van der Waals surface area contributed by atoms with Gasteiger partial charge in [-0.1, -0.05) is 62.4 Å². The molecule has 0 bridgehead atoms. The molecule has 3 aromatic rings. The van der Waals surface area contributed by atoms with Gasteiger partial charge in [0.1, 0.15) is 6.61 Å². The van der Waals surface area contributed by atoms with Crippen LogP contribution in [0.5, 0.6) is 0 Å². The average Bonchev–Trinajstić information content (AvgIpc) is 3.20. The Bertz CT molecular complexity index is 949. The third-order valence-electron chi connectivity index (χ3n) is 4.87. The SMILES string of the molecule is CCc1ccc(CNc2nc(NCc3ccc(CC)cc3)n(C(=O)COC)n2)cc1. The molecule has 0 radical (unpaired) electrons. The molecule has 0 aliphatic heterocycles. The van der Waals surface area contributed by atoms with E-state index in [0.29, 0.717) is 25.0 Å². The highest BCUT2D eigenvalue weighted by Crippen LogP contribution is 2.14. The summed E-state index contributed by atoms with van der Waals surface area (Å²) in [5.74, 6) is 0.498. The molecule has 30 heavy (non-hydrogen) atoms. The highest BCUT2D eigenvalue weighted by Gasteiger charge is 2.16. The van der Waals surface area contributed by atoms with E-state index in [0.717, 1.165) is 24.0 Å². The lowest BCUT2D eigenvalue weighted by Gasteiger charge is -2.07. The normalized spacial score (nSPS) is 10.8. The van der Waals surface area contributed by atoms with Crippen molar-refractivity contribution in [3.05, 3.63) is 70.8 Å². The van der Waals surface area contributed by atoms with Gasteiger partial charge < -0.3 is 15.4 Å². The molecule has 7 nitrogen and oxygen atoms in total. The van der Waals surface area contributed by atoms with E-state index < -0.39 is 0 Å². The number of aromatic nitrogens is 3. The van der Waals surface area contributed by atoms with Gasteiger partial charge in [-0.15, -0.1) is 5.10 Å². The third kappa shape index (κ3) is 5.67. The van der Waals surface area contributed by atoms with E-state index in [-0.39, 0.29) is 12.5 Å². The molecule has 0 unspecified atom stereocenters. The van der Waals surface area contributed by atoms with E-state index >= 15 is 0 Å². The number of carbonyl (C=O) groups excluding carboxylic acids is 1. The van der Waals surface area contributed by atoms with Crippen LogP contribution in [0.3, 0.4) is 0 Å². The second-order valence-corrected chi connectivity index (χ2v) is 7.04. The summed E-state index contributed by atoms with van der Waals surface area (Å²) in [4.78, 5) is 16.9. The van der Waals surface area contributed by atoms with Crippen molar-refractivity contribution in [2.75, 3.05) is 24.4 Å². The lowest BCUT2D eigenvalue weighted by atomic mass is 10.1. The van der Waals surface area contributed by atoms with E-state index in [1.165, 1.54) is 22.9 Å². The van der Waals surface area contributed by atoms with Crippen LogP contribution in [0.25, 0.3) is 0 Å². The molecule has 3 rings (SSSR count). The maximum atomic E-state index is 12.4. The zero-order valence-corrected chi connectivity index (χ0v) is 17.8. The number of methoxy groups -OCH3 is 1. The van der Waals surface area contributed by atoms with Crippen molar-refractivity contribution in [3.63, 3.8) is 0 Å². The highest BCUT2D eigenvalue weighted by atomic mass is 16.5. The van der Waals surface area contributed by atoms with Gasteiger partial charge in [-0.05, 0) is 35.1 Å². The zero-order chi connectivity index (χ0) is 21.3. The topological polar surface area (TPSA) is 81.1 Å². The number of nitrogens with one attached hydrogen (secondary N) is 2. The number of hydrogen-bond acceptors (Lipinski definition) is 6. The minimum absolute atomic E-state index is 0.0683. The van der Waals surface area contributed by atoms with Crippen molar-refractivity contribution < 1.29 is 9.53 Å². The van der Waals surface area contributed by atoms with Crippen molar-refractivity contribution in [2.24, 2.45) is 0 Å². The van der Waals surface area contributed by atoms with E-state index in [4.69, 9.17) is 4.74 Å². The van der Waals surface area contributed by atoms with Gasteiger partial charge >= 0.3 is 0 Å². The second kappa shape index (κ2) is 10.5. The van der Waals surface area contributed by atoms with Crippen molar-refractivity contribution >= 4 is 17.8 Å². The summed E-state index contributed by atoms with van der Waals surface area (Å²) < 4.78 is 6.23. The van der Waals surface area contributed by atoms with Gasteiger partial charge in [0.25, 0.3) is 5.91 Å². The number of carbonyl (C=O) groups is 1. The molecular formula is C23H29N5O2. The van der Waals surface area contributed by atoms with Crippen molar-refractivity contribution in [3.8, 4) is 0 Å². The minimum Gasteiger partial charge on any atom is -0.375 e. The Morgan fingerprint density at radius 2 is 1.37 bits per heavy atom. The van der Waals surface area contributed by atoms with Crippen LogP contribution >= 0.6 is 0 Å². The van der Waals surface area contributed by atoms with Crippen LogP contribution in [0.4, 0.5) is 11.9 Å². The molecule has 0 spiro atoms. The summed E-state index contributed by atoms with van der Waals surface area (Å²) in [6, 6.07) is 16.7. The van der Waals surface area contributed by atoms with Crippen LogP contribution in [-0.2, 0) is 30.7 Å². The van der Waals surface area contributed by atoms with Crippen LogP contribution in [0.15, 0.2) is 48.5 Å². The number of aryl methyl sites for hydroxylation is 2. The molecule has 0 amide bonds. The number of hydrogen-bond donors (Lipinski definition) is 2. The van der Waals surface area contributed by atoms with E-state index in [1.54, 1.807) is 0 Å². The largest absolute Gasteiger partial charge is 0.375 e. The number of anilines is 2. The Kier molecular flexibility index (Phi) is 7.57. The van der Waals surface area contributed by atoms with E-state index in [9.17, 15) is 4.79 Å². The fourth-order valence-electron chi connectivity index (χ4n) is 3.01. The Labute approximate surface area is 177 Å². The second-order valence-electron chi connectivity index (χ2n) is 7.04. The molecule has 158 valence electrons. The molecule has 0 saturated heterocycles. The highest BCUT2D eigenvalue weighted by molar-refractivity contribution is 5.82. The van der Waals surface area contributed by atoms with Crippen molar-refractivity contribution in [1.29, 1.82) is 0 Å². The lowest BCUT2D eigenvalue weighted by molar-refractivity contribution is 0.0748. The first-order chi connectivity index (χ1) is 14.6. The molecule has 1 heterocycles. The molecule has 0 saturated carbocycles. The Balaban J connectivity index is 1.69. The van der Waals surface area contributed by atoms with Crippen molar-refractivity contribution in [2.45, 2.75) is 39.8 Å². The molecule has 0 fully saturated rings. The van der Waals surface area contributed by atoms with Gasteiger partial charge in [-0.2, -0.15) is 9.67 Å². The summed E-state index contributed by atoms with van der Waals surface area (Å²) in [5, 5.41) is 10.7. The maximum absolute atomic E-state index is 12.4. The maximum Gasteiger partial charge on any atom is 0.276 e. The summed E-state index contributed by atoms with van der Waals surface area (Å²) >= 11 is 0. The quantitative estimate of drug-likeness (QED) is 0.530. The first kappa shape index (κ1) is 21.5. The minimum atomic E-state index is -0.283. The fourth-order valence-corrected chi connectivity index (χ4v) is 3.01. The summed E-state index contributed by atoms with van der Waals surface area (Å²) in [6.45, 7) is 5.31. The van der Waals surface area contributed by atoms with Crippen molar-refractivity contribution in [1.82, 2.24) is 14.8 Å². The first-order valence-electron chi connectivity index (χ1n) is 10.3. The van der Waals surface area contributed by atoms with Crippen LogP contribution in [0, 0.1) is 0 Å². The Morgan fingerprint density at radius 3 is 1.87 bits per heavy atom.